The van der Waals surface area contributed by atoms with Crippen molar-refractivity contribution < 1.29 is 4.79 Å². The number of hydrogen-bond acceptors (Lipinski definition) is 3. The second-order valence-electron chi connectivity index (χ2n) is 4.84. The molecule has 0 aliphatic heterocycles. The van der Waals surface area contributed by atoms with E-state index in [1.54, 1.807) is 12.1 Å². The highest BCUT2D eigenvalue weighted by Crippen LogP contribution is 2.17. The van der Waals surface area contributed by atoms with E-state index in [0.717, 1.165) is 17.8 Å². The third-order valence-corrected chi connectivity index (χ3v) is 3.13. The van der Waals surface area contributed by atoms with Gasteiger partial charge in [-0.15, -0.1) is 0 Å². The number of aromatic amines is 1. The lowest BCUT2D eigenvalue weighted by Gasteiger charge is -2.04. The molecule has 0 bridgehead atoms. The van der Waals surface area contributed by atoms with E-state index in [9.17, 15) is 4.79 Å². The Morgan fingerprint density at radius 2 is 2.15 bits per heavy atom. The highest BCUT2D eigenvalue weighted by molar-refractivity contribution is 6.29. The van der Waals surface area contributed by atoms with Crippen molar-refractivity contribution in [2.75, 3.05) is 5.32 Å². The van der Waals surface area contributed by atoms with Gasteiger partial charge in [0.15, 0.2) is 5.82 Å². The fourth-order valence-corrected chi connectivity index (χ4v) is 1.97. The van der Waals surface area contributed by atoms with Crippen LogP contribution in [0.25, 0.3) is 0 Å². The lowest BCUT2D eigenvalue weighted by Crippen LogP contribution is -2.13. The SMILES string of the molecule is CCc1cc(C(=O)Nc2cc(C(C)C)[nH]n2)cc(Cl)n1. The fraction of sp³-hybridized carbons (Fsp3) is 0.357. The van der Waals surface area contributed by atoms with Gasteiger partial charge in [0, 0.05) is 23.0 Å². The van der Waals surface area contributed by atoms with E-state index >= 15 is 0 Å². The topological polar surface area (TPSA) is 70.7 Å². The normalized spacial score (nSPS) is 10.8. The molecule has 106 valence electrons. The first-order valence-electron chi connectivity index (χ1n) is 6.52. The van der Waals surface area contributed by atoms with Crippen molar-refractivity contribution in [2.24, 2.45) is 0 Å². The summed E-state index contributed by atoms with van der Waals surface area (Å²) >= 11 is 5.91. The summed E-state index contributed by atoms with van der Waals surface area (Å²) in [6.45, 7) is 6.06. The Labute approximate surface area is 122 Å². The van der Waals surface area contributed by atoms with Crippen molar-refractivity contribution >= 4 is 23.3 Å². The summed E-state index contributed by atoms with van der Waals surface area (Å²) in [5, 5.41) is 10.0. The molecule has 6 heteroatoms. The van der Waals surface area contributed by atoms with Crippen LogP contribution >= 0.6 is 11.6 Å². The Morgan fingerprint density at radius 3 is 2.75 bits per heavy atom. The van der Waals surface area contributed by atoms with Crippen LogP contribution in [0.5, 0.6) is 0 Å². The molecule has 0 saturated carbocycles. The first kappa shape index (κ1) is 14.5. The van der Waals surface area contributed by atoms with Crippen LogP contribution in [0.3, 0.4) is 0 Å². The summed E-state index contributed by atoms with van der Waals surface area (Å²) in [6, 6.07) is 5.11. The Kier molecular flexibility index (Phi) is 4.39. The molecular weight excluding hydrogens is 276 g/mol. The quantitative estimate of drug-likeness (QED) is 0.849. The minimum absolute atomic E-state index is 0.245. The summed E-state index contributed by atoms with van der Waals surface area (Å²) in [7, 11) is 0. The summed E-state index contributed by atoms with van der Waals surface area (Å²) in [6.07, 6.45) is 0.723. The van der Waals surface area contributed by atoms with Gasteiger partial charge in [0.1, 0.15) is 5.15 Å². The number of halogens is 1. The van der Waals surface area contributed by atoms with Crippen molar-refractivity contribution in [1.82, 2.24) is 15.2 Å². The molecule has 20 heavy (non-hydrogen) atoms. The maximum absolute atomic E-state index is 12.2. The molecule has 0 aromatic carbocycles. The zero-order chi connectivity index (χ0) is 14.7. The molecule has 5 nitrogen and oxygen atoms in total. The Balaban J connectivity index is 2.16. The first-order valence-corrected chi connectivity index (χ1v) is 6.90. The standard InChI is InChI=1S/C14H17ClN4O/c1-4-10-5-9(6-12(15)16-10)14(20)17-13-7-11(8(2)3)18-19-13/h5-8H,4H2,1-3H3,(H2,17,18,19,20). The van der Waals surface area contributed by atoms with E-state index in [1.807, 2.05) is 13.0 Å². The molecular formula is C14H17ClN4O. The first-order chi connectivity index (χ1) is 9.49. The second-order valence-corrected chi connectivity index (χ2v) is 5.23. The van der Waals surface area contributed by atoms with Crippen LogP contribution < -0.4 is 5.32 Å². The average molecular weight is 293 g/mol. The number of pyridine rings is 1. The molecule has 0 aliphatic rings. The lowest BCUT2D eigenvalue weighted by molar-refractivity contribution is 0.102. The Hall–Kier alpha value is -1.88. The van der Waals surface area contributed by atoms with Crippen molar-refractivity contribution in [1.29, 1.82) is 0 Å². The number of amides is 1. The van der Waals surface area contributed by atoms with Crippen LogP contribution in [0.4, 0.5) is 5.82 Å². The number of carbonyl (C=O) groups excluding carboxylic acids is 1. The van der Waals surface area contributed by atoms with Crippen molar-refractivity contribution in [2.45, 2.75) is 33.1 Å². The molecule has 0 spiro atoms. The van der Waals surface area contributed by atoms with Gasteiger partial charge in [-0.05, 0) is 24.5 Å². The number of anilines is 1. The van der Waals surface area contributed by atoms with E-state index in [-0.39, 0.29) is 5.91 Å². The molecule has 2 rings (SSSR count). The average Bonchev–Trinajstić information content (AvgIpc) is 2.86. The van der Waals surface area contributed by atoms with Crippen LogP contribution in [0, 0.1) is 0 Å². The van der Waals surface area contributed by atoms with Gasteiger partial charge >= 0.3 is 0 Å². The van der Waals surface area contributed by atoms with Crippen molar-refractivity contribution in [3.8, 4) is 0 Å². The van der Waals surface area contributed by atoms with E-state index in [0.29, 0.717) is 22.5 Å². The smallest absolute Gasteiger partial charge is 0.257 e. The largest absolute Gasteiger partial charge is 0.305 e. The summed E-state index contributed by atoms with van der Waals surface area (Å²) in [4.78, 5) is 16.3. The molecule has 2 N–H and O–H groups in total. The maximum atomic E-state index is 12.2. The van der Waals surface area contributed by atoms with Crippen LogP contribution in [-0.2, 0) is 6.42 Å². The van der Waals surface area contributed by atoms with Gasteiger partial charge < -0.3 is 5.32 Å². The Morgan fingerprint density at radius 1 is 1.40 bits per heavy atom. The van der Waals surface area contributed by atoms with Gasteiger partial charge in [-0.1, -0.05) is 32.4 Å². The molecule has 0 fully saturated rings. The van der Waals surface area contributed by atoms with Gasteiger partial charge in [-0.2, -0.15) is 5.10 Å². The van der Waals surface area contributed by atoms with Crippen LogP contribution in [0.1, 0.15) is 48.4 Å². The third-order valence-electron chi connectivity index (χ3n) is 2.93. The third kappa shape index (κ3) is 3.36. The fourth-order valence-electron chi connectivity index (χ4n) is 1.75. The number of H-pyrrole nitrogens is 1. The number of nitrogens with one attached hydrogen (secondary N) is 2. The zero-order valence-corrected chi connectivity index (χ0v) is 12.5. The summed E-state index contributed by atoms with van der Waals surface area (Å²) in [5.41, 5.74) is 2.24. The molecule has 0 aliphatic carbocycles. The molecule has 1 amide bonds. The van der Waals surface area contributed by atoms with Gasteiger partial charge in [0.05, 0.1) is 0 Å². The predicted molar refractivity (Wildman–Crippen MR) is 79.3 cm³/mol. The van der Waals surface area contributed by atoms with E-state index in [4.69, 9.17) is 11.6 Å². The minimum Gasteiger partial charge on any atom is -0.305 e. The minimum atomic E-state index is -0.245. The van der Waals surface area contributed by atoms with Gasteiger partial charge in [0.2, 0.25) is 0 Å². The van der Waals surface area contributed by atoms with Gasteiger partial charge in [-0.25, -0.2) is 4.98 Å². The van der Waals surface area contributed by atoms with E-state index < -0.39 is 0 Å². The molecule has 2 aromatic heterocycles. The summed E-state index contributed by atoms with van der Waals surface area (Å²) in [5.74, 6) is 0.589. The number of carbonyl (C=O) groups is 1. The number of nitrogens with zero attached hydrogens (tertiary/aromatic N) is 2. The molecule has 0 saturated heterocycles. The monoisotopic (exact) mass is 292 g/mol. The molecule has 0 radical (unpaired) electrons. The molecule has 2 heterocycles. The van der Waals surface area contributed by atoms with Crippen molar-refractivity contribution in [3.05, 3.63) is 40.3 Å². The number of aromatic nitrogens is 3. The predicted octanol–water partition coefficient (Wildman–Crippen LogP) is 3.40. The highest BCUT2D eigenvalue weighted by atomic mass is 35.5. The van der Waals surface area contributed by atoms with E-state index in [1.165, 1.54) is 0 Å². The van der Waals surface area contributed by atoms with Gasteiger partial charge in [0.25, 0.3) is 5.91 Å². The van der Waals surface area contributed by atoms with Gasteiger partial charge in [-0.3, -0.25) is 9.89 Å². The van der Waals surface area contributed by atoms with Crippen LogP contribution in [0.15, 0.2) is 18.2 Å². The summed E-state index contributed by atoms with van der Waals surface area (Å²) < 4.78 is 0. The van der Waals surface area contributed by atoms with Crippen LogP contribution in [0.2, 0.25) is 5.15 Å². The maximum Gasteiger partial charge on any atom is 0.257 e. The number of aryl methyl sites for hydroxylation is 1. The zero-order valence-electron chi connectivity index (χ0n) is 11.7. The molecule has 0 atom stereocenters. The number of hydrogen-bond donors (Lipinski definition) is 2. The van der Waals surface area contributed by atoms with Crippen molar-refractivity contribution in [3.63, 3.8) is 0 Å². The lowest BCUT2D eigenvalue weighted by atomic mass is 10.1. The second kappa shape index (κ2) is 6.05. The number of rotatable bonds is 4. The van der Waals surface area contributed by atoms with Crippen LogP contribution in [-0.4, -0.2) is 21.1 Å². The molecule has 0 unspecified atom stereocenters. The van der Waals surface area contributed by atoms with E-state index in [2.05, 4.69) is 34.3 Å². The Bertz CT molecular complexity index is 621. The highest BCUT2D eigenvalue weighted by Gasteiger charge is 2.12. The molecule has 2 aromatic rings.